The first-order chi connectivity index (χ1) is 15.1. The summed E-state index contributed by atoms with van der Waals surface area (Å²) in [4.78, 5) is 12.9. The molecule has 3 rings (SSSR count). The number of ether oxygens (including phenoxy) is 2. The Morgan fingerprint density at radius 2 is 1.71 bits per heavy atom. The van der Waals surface area contributed by atoms with Crippen LogP contribution in [-0.4, -0.2) is 19.2 Å². The zero-order valence-corrected chi connectivity index (χ0v) is 18.2. The van der Waals surface area contributed by atoms with Gasteiger partial charge in [0.2, 0.25) is 0 Å². The van der Waals surface area contributed by atoms with Crippen LogP contribution in [0.5, 0.6) is 5.75 Å². The maximum absolute atomic E-state index is 12.9. The quantitative estimate of drug-likeness (QED) is 0.313. The van der Waals surface area contributed by atoms with E-state index in [1.165, 1.54) is 5.56 Å². The minimum Gasteiger partial charge on any atom is -0.487 e. The van der Waals surface area contributed by atoms with Crippen molar-refractivity contribution in [2.75, 3.05) is 18.5 Å². The van der Waals surface area contributed by atoms with Crippen LogP contribution in [0.25, 0.3) is 0 Å². The average Bonchev–Trinajstić information content (AvgIpc) is 2.79. The van der Waals surface area contributed by atoms with Crippen LogP contribution in [0.4, 0.5) is 11.4 Å². The SMILES string of the molecule is C=CCOc1cc(CCc2ccccc2)c(C(=O)OCC)c(C)c1Nc1ccccc1. The predicted octanol–water partition coefficient (Wildman–Crippen LogP) is 6.27. The van der Waals surface area contributed by atoms with Crippen molar-refractivity contribution in [3.63, 3.8) is 0 Å². The molecule has 0 bridgehead atoms. The Bertz CT molecular complexity index is 1010. The van der Waals surface area contributed by atoms with Crippen molar-refractivity contribution in [3.8, 4) is 5.75 Å². The molecule has 0 saturated carbocycles. The zero-order chi connectivity index (χ0) is 22.1. The van der Waals surface area contributed by atoms with Gasteiger partial charge in [-0.2, -0.15) is 0 Å². The number of carbonyl (C=O) groups excluding carboxylic acids is 1. The van der Waals surface area contributed by atoms with Gasteiger partial charge in [0.1, 0.15) is 12.4 Å². The molecule has 3 aromatic carbocycles. The van der Waals surface area contributed by atoms with Crippen molar-refractivity contribution < 1.29 is 14.3 Å². The van der Waals surface area contributed by atoms with E-state index >= 15 is 0 Å². The van der Waals surface area contributed by atoms with Crippen LogP contribution in [0, 0.1) is 6.92 Å². The van der Waals surface area contributed by atoms with E-state index in [0.29, 0.717) is 30.9 Å². The summed E-state index contributed by atoms with van der Waals surface area (Å²) in [5.74, 6) is 0.381. The fourth-order valence-electron chi connectivity index (χ4n) is 3.55. The topological polar surface area (TPSA) is 47.6 Å². The van der Waals surface area contributed by atoms with Crippen molar-refractivity contribution in [2.24, 2.45) is 0 Å². The molecular formula is C27H29NO3. The monoisotopic (exact) mass is 415 g/mol. The van der Waals surface area contributed by atoms with E-state index in [1.807, 2.05) is 68.4 Å². The fraction of sp³-hybridized carbons (Fsp3) is 0.222. The molecule has 0 radical (unpaired) electrons. The lowest BCUT2D eigenvalue weighted by atomic mass is 9.94. The maximum Gasteiger partial charge on any atom is 0.338 e. The van der Waals surface area contributed by atoms with Gasteiger partial charge in [-0.1, -0.05) is 61.2 Å². The molecule has 1 N–H and O–H groups in total. The Morgan fingerprint density at radius 1 is 1.03 bits per heavy atom. The van der Waals surface area contributed by atoms with E-state index in [1.54, 1.807) is 6.08 Å². The molecule has 160 valence electrons. The molecule has 0 unspecified atom stereocenters. The highest BCUT2D eigenvalue weighted by Crippen LogP contribution is 2.37. The van der Waals surface area contributed by atoms with E-state index in [9.17, 15) is 4.79 Å². The van der Waals surface area contributed by atoms with Crippen LogP contribution < -0.4 is 10.1 Å². The van der Waals surface area contributed by atoms with Crippen LogP contribution in [0.3, 0.4) is 0 Å². The van der Waals surface area contributed by atoms with E-state index in [4.69, 9.17) is 9.47 Å². The van der Waals surface area contributed by atoms with Gasteiger partial charge >= 0.3 is 5.97 Å². The molecule has 0 atom stereocenters. The Morgan fingerprint density at radius 3 is 2.35 bits per heavy atom. The Hall–Kier alpha value is -3.53. The third kappa shape index (κ3) is 5.76. The molecule has 0 aliphatic rings. The van der Waals surface area contributed by atoms with Gasteiger partial charge < -0.3 is 14.8 Å². The van der Waals surface area contributed by atoms with Crippen LogP contribution in [-0.2, 0) is 17.6 Å². The highest BCUT2D eigenvalue weighted by Gasteiger charge is 2.22. The summed E-state index contributed by atoms with van der Waals surface area (Å²) in [6.07, 6.45) is 3.23. The molecular weight excluding hydrogens is 386 g/mol. The van der Waals surface area contributed by atoms with Crippen LogP contribution in [0.15, 0.2) is 79.4 Å². The smallest absolute Gasteiger partial charge is 0.338 e. The van der Waals surface area contributed by atoms with Crippen LogP contribution >= 0.6 is 0 Å². The molecule has 3 aromatic rings. The van der Waals surface area contributed by atoms with Crippen molar-refractivity contribution >= 4 is 17.3 Å². The molecule has 0 spiro atoms. The summed E-state index contributed by atoms with van der Waals surface area (Å²) in [5.41, 5.74) is 5.22. The molecule has 31 heavy (non-hydrogen) atoms. The third-order valence-electron chi connectivity index (χ3n) is 5.03. The third-order valence-corrected chi connectivity index (χ3v) is 5.03. The first kappa shape index (κ1) is 22.2. The number of anilines is 2. The largest absolute Gasteiger partial charge is 0.487 e. The summed E-state index contributed by atoms with van der Waals surface area (Å²) >= 11 is 0. The molecule has 0 aromatic heterocycles. The van der Waals surface area contributed by atoms with E-state index < -0.39 is 0 Å². The summed E-state index contributed by atoms with van der Waals surface area (Å²) < 4.78 is 11.4. The van der Waals surface area contributed by atoms with E-state index in [0.717, 1.165) is 28.9 Å². The molecule has 4 heteroatoms. The average molecular weight is 416 g/mol. The minimum atomic E-state index is -0.311. The van der Waals surface area contributed by atoms with Gasteiger partial charge in [0.25, 0.3) is 0 Å². The molecule has 4 nitrogen and oxygen atoms in total. The van der Waals surface area contributed by atoms with Crippen LogP contribution in [0.1, 0.15) is 34.0 Å². The van der Waals surface area contributed by atoms with Gasteiger partial charge in [0.15, 0.2) is 0 Å². The predicted molar refractivity (Wildman–Crippen MR) is 126 cm³/mol. The number of benzene rings is 3. The summed E-state index contributed by atoms with van der Waals surface area (Å²) in [7, 11) is 0. The lowest BCUT2D eigenvalue weighted by Gasteiger charge is -2.21. The van der Waals surface area contributed by atoms with Crippen LogP contribution in [0.2, 0.25) is 0 Å². The number of para-hydroxylation sites is 1. The molecule has 0 saturated heterocycles. The number of esters is 1. The van der Waals surface area contributed by atoms with Gasteiger partial charge in [0.05, 0.1) is 17.9 Å². The second-order valence-corrected chi connectivity index (χ2v) is 7.21. The second kappa shape index (κ2) is 11.0. The first-order valence-corrected chi connectivity index (χ1v) is 10.6. The highest BCUT2D eigenvalue weighted by atomic mass is 16.5. The molecule has 0 aliphatic heterocycles. The number of carbonyl (C=O) groups is 1. The normalized spacial score (nSPS) is 10.4. The standard InChI is InChI=1S/C27H29NO3/c1-4-18-31-24-19-22(17-16-21-12-8-6-9-13-21)25(27(29)30-5-2)20(3)26(24)28-23-14-10-7-11-15-23/h4,6-15,19,28H,1,5,16-18H2,2-3H3. The maximum atomic E-state index is 12.9. The number of rotatable bonds is 10. The number of nitrogens with one attached hydrogen (secondary N) is 1. The molecule has 0 fully saturated rings. The molecule has 0 heterocycles. The Kier molecular flexibility index (Phi) is 7.88. The van der Waals surface area contributed by atoms with E-state index in [-0.39, 0.29) is 5.97 Å². The lowest BCUT2D eigenvalue weighted by molar-refractivity contribution is 0.0524. The first-order valence-electron chi connectivity index (χ1n) is 10.6. The van der Waals surface area contributed by atoms with Gasteiger partial charge in [-0.15, -0.1) is 0 Å². The number of aryl methyl sites for hydroxylation is 2. The van der Waals surface area contributed by atoms with Crippen molar-refractivity contribution in [1.29, 1.82) is 0 Å². The van der Waals surface area contributed by atoms with Crippen molar-refractivity contribution in [3.05, 3.63) is 102 Å². The van der Waals surface area contributed by atoms with Crippen molar-refractivity contribution in [1.82, 2.24) is 0 Å². The fourth-order valence-corrected chi connectivity index (χ4v) is 3.55. The van der Waals surface area contributed by atoms with Gasteiger partial charge in [-0.05, 0) is 61.6 Å². The Balaban J connectivity index is 2.05. The van der Waals surface area contributed by atoms with E-state index in [2.05, 4.69) is 24.0 Å². The minimum absolute atomic E-state index is 0.311. The highest BCUT2D eigenvalue weighted by molar-refractivity contribution is 5.96. The zero-order valence-electron chi connectivity index (χ0n) is 18.2. The van der Waals surface area contributed by atoms with Crippen molar-refractivity contribution in [2.45, 2.75) is 26.7 Å². The van der Waals surface area contributed by atoms with Gasteiger partial charge in [-0.25, -0.2) is 4.79 Å². The molecule has 0 aliphatic carbocycles. The Labute approximate surface area is 184 Å². The van der Waals surface area contributed by atoms with Gasteiger partial charge in [0, 0.05) is 5.69 Å². The summed E-state index contributed by atoms with van der Waals surface area (Å²) in [6, 6.07) is 22.0. The molecule has 0 amide bonds. The number of hydrogen-bond donors (Lipinski definition) is 1. The summed E-state index contributed by atoms with van der Waals surface area (Å²) in [5, 5.41) is 3.42. The second-order valence-electron chi connectivity index (χ2n) is 7.21. The number of hydrogen-bond acceptors (Lipinski definition) is 4. The van der Waals surface area contributed by atoms with Gasteiger partial charge in [-0.3, -0.25) is 0 Å². The summed E-state index contributed by atoms with van der Waals surface area (Å²) in [6.45, 7) is 8.22. The lowest BCUT2D eigenvalue weighted by Crippen LogP contribution is -2.14.